The van der Waals surface area contributed by atoms with Crippen LogP contribution in [-0.2, 0) is 11.8 Å². The molecule has 162 valence electrons. The van der Waals surface area contributed by atoms with E-state index in [0.717, 1.165) is 18.2 Å². The average molecular weight is 420 g/mol. The highest BCUT2D eigenvalue weighted by atomic mass is 16.2. The molecular weight excluding hydrogens is 390 g/mol. The second-order valence-corrected chi connectivity index (χ2v) is 9.07. The van der Waals surface area contributed by atoms with E-state index in [1.54, 1.807) is 13.2 Å². The molecule has 0 spiro atoms. The molecule has 7 nitrogen and oxygen atoms in total. The first-order chi connectivity index (χ1) is 14.8. The van der Waals surface area contributed by atoms with E-state index in [1.165, 1.54) is 21.4 Å². The zero-order chi connectivity index (χ0) is 22.2. The molecule has 0 fully saturated rings. The molecule has 0 unspecified atom stereocenters. The molecule has 4 rings (SSSR count). The molecule has 31 heavy (non-hydrogen) atoms. The lowest BCUT2D eigenvalue weighted by Crippen LogP contribution is -2.31. The van der Waals surface area contributed by atoms with Gasteiger partial charge in [-0.3, -0.25) is 4.79 Å². The van der Waals surface area contributed by atoms with Crippen LogP contribution in [0.25, 0.3) is 10.9 Å². The maximum Gasteiger partial charge on any atom is 0.319 e. The van der Waals surface area contributed by atoms with Crippen molar-refractivity contribution in [1.82, 2.24) is 20.4 Å². The van der Waals surface area contributed by atoms with Gasteiger partial charge in [0.15, 0.2) is 0 Å². The Morgan fingerprint density at radius 1 is 1.19 bits per heavy atom. The summed E-state index contributed by atoms with van der Waals surface area (Å²) in [7, 11) is 1.71. The first-order valence-corrected chi connectivity index (χ1v) is 10.6. The molecule has 1 aromatic heterocycles. The number of fused-ring (bicyclic) bond motifs is 2. The second kappa shape index (κ2) is 8.15. The predicted molar refractivity (Wildman–Crippen MR) is 123 cm³/mol. The summed E-state index contributed by atoms with van der Waals surface area (Å²) in [5, 5.41) is 13.8. The molecule has 1 heterocycles. The quantitative estimate of drug-likeness (QED) is 0.596. The van der Waals surface area contributed by atoms with Crippen LogP contribution < -0.4 is 16.0 Å². The smallest absolute Gasteiger partial charge is 0.319 e. The van der Waals surface area contributed by atoms with Crippen molar-refractivity contribution in [2.24, 2.45) is 0 Å². The van der Waals surface area contributed by atoms with Gasteiger partial charge in [0.1, 0.15) is 0 Å². The van der Waals surface area contributed by atoms with Crippen LogP contribution in [0.3, 0.4) is 0 Å². The number of rotatable bonds is 4. The Morgan fingerprint density at radius 3 is 2.74 bits per heavy atom. The van der Waals surface area contributed by atoms with Crippen molar-refractivity contribution in [3.05, 3.63) is 59.3 Å². The van der Waals surface area contributed by atoms with Gasteiger partial charge in [-0.15, -0.1) is 0 Å². The minimum absolute atomic E-state index is 0.0110. The molecular formula is C24H29N5O2. The molecule has 1 atom stereocenters. The standard InChI is InChI=1S/C24H29N5O2/c1-24(2,3)16-9-10-17-15(12-16)8-11-20(17)28-23(31)27-19-6-5-7-21-18(19)13-26-29(21)22(30)14-25-4/h5-7,9-10,12-13,20,25H,8,11,14H2,1-4H3,(H2,27,28,31)/t20-/m1/s1. The Morgan fingerprint density at radius 2 is 2.00 bits per heavy atom. The highest BCUT2D eigenvalue weighted by molar-refractivity contribution is 6.03. The van der Waals surface area contributed by atoms with Gasteiger partial charge in [0.2, 0.25) is 0 Å². The fourth-order valence-corrected chi connectivity index (χ4v) is 4.14. The zero-order valence-electron chi connectivity index (χ0n) is 18.5. The molecule has 0 saturated heterocycles. The number of carbonyl (C=O) groups is 2. The summed E-state index contributed by atoms with van der Waals surface area (Å²) < 4.78 is 1.36. The lowest BCUT2D eigenvalue weighted by atomic mass is 9.85. The van der Waals surface area contributed by atoms with Gasteiger partial charge in [-0.2, -0.15) is 9.78 Å². The third kappa shape index (κ3) is 4.18. The molecule has 1 aliphatic rings. The number of benzene rings is 2. The maximum absolute atomic E-state index is 12.8. The SMILES string of the molecule is CNCC(=O)n1ncc2c(NC(=O)N[C@@H]3CCc4cc(C(C)(C)C)ccc43)cccc21. The first kappa shape index (κ1) is 21.1. The molecule has 7 heteroatoms. The van der Waals surface area contributed by atoms with Gasteiger partial charge in [0.05, 0.1) is 30.0 Å². The van der Waals surface area contributed by atoms with Gasteiger partial charge in [-0.25, -0.2) is 4.79 Å². The van der Waals surface area contributed by atoms with E-state index in [1.807, 2.05) is 18.2 Å². The lowest BCUT2D eigenvalue weighted by molar-refractivity contribution is 0.0905. The van der Waals surface area contributed by atoms with E-state index in [-0.39, 0.29) is 29.9 Å². The minimum atomic E-state index is -0.264. The number of nitrogens with zero attached hydrogens (tertiary/aromatic N) is 2. The van der Waals surface area contributed by atoms with E-state index in [0.29, 0.717) is 11.2 Å². The lowest BCUT2D eigenvalue weighted by Gasteiger charge is -2.21. The van der Waals surface area contributed by atoms with Crippen molar-refractivity contribution in [3.8, 4) is 0 Å². The van der Waals surface area contributed by atoms with Crippen molar-refractivity contribution in [2.45, 2.75) is 45.1 Å². The zero-order valence-corrected chi connectivity index (χ0v) is 18.5. The van der Waals surface area contributed by atoms with Gasteiger partial charge in [-0.05, 0) is 54.1 Å². The van der Waals surface area contributed by atoms with E-state index in [9.17, 15) is 9.59 Å². The number of aryl methyl sites for hydroxylation is 1. The number of amides is 2. The highest BCUT2D eigenvalue weighted by Crippen LogP contribution is 2.34. The normalized spacial score (nSPS) is 15.7. The van der Waals surface area contributed by atoms with Crippen LogP contribution in [0.1, 0.15) is 54.7 Å². The predicted octanol–water partition coefficient (Wildman–Crippen LogP) is 4.00. The van der Waals surface area contributed by atoms with Crippen LogP contribution in [0.2, 0.25) is 0 Å². The Kier molecular flexibility index (Phi) is 5.54. The van der Waals surface area contributed by atoms with Gasteiger partial charge in [0.25, 0.3) is 5.91 Å². The molecule has 0 aliphatic heterocycles. The Hall–Kier alpha value is -3.19. The molecule has 2 aromatic carbocycles. The number of hydrogen-bond acceptors (Lipinski definition) is 4. The molecule has 1 aliphatic carbocycles. The largest absolute Gasteiger partial charge is 0.331 e. The monoisotopic (exact) mass is 419 g/mol. The maximum atomic E-state index is 12.8. The number of nitrogens with one attached hydrogen (secondary N) is 3. The number of urea groups is 1. The van der Waals surface area contributed by atoms with Crippen molar-refractivity contribution in [2.75, 3.05) is 18.9 Å². The van der Waals surface area contributed by atoms with E-state index >= 15 is 0 Å². The summed E-state index contributed by atoms with van der Waals surface area (Å²) in [5.74, 6) is -0.156. The van der Waals surface area contributed by atoms with E-state index in [4.69, 9.17) is 0 Å². The summed E-state index contributed by atoms with van der Waals surface area (Å²) in [4.78, 5) is 25.0. The summed E-state index contributed by atoms with van der Waals surface area (Å²) in [6.45, 7) is 6.82. The first-order valence-electron chi connectivity index (χ1n) is 10.6. The topological polar surface area (TPSA) is 88.1 Å². The summed E-state index contributed by atoms with van der Waals surface area (Å²) in [5.41, 5.74) is 5.21. The molecule has 3 aromatic rings. The van der Waals surface area contributed by atoms with Crippen LogP contribution in [0.15, 0.2) is 42.6 Å². The number of aromatic nitrogens is 2. The molecule has 0 saturated carbocycles. The second-order valence-electron chi connectivity index (χ2n) is 9.07. The van der Waals surface area contributed by atoms with Gasteiger partial charge >= 0.3 is 6.03 Å². The number of hydrogen-bond donors (Lipinski definition) is 3. The molecule has 3 N–H and O–H groups in total. The van der Waals surface area contributed by atoms with Crippen LogP contribution in [0.4, 0.5) is 10.5 Å². The average Bonchev–Trinajstić information content (AvgIpc) is 3.32. The molecule has 0 radical (unpaired) electrons. The van der Waals surface area contributed by atoms with Crippen molar-refractivity contribution in [1.29, 1.82) is 0 Å². The summed E-state index contributed by atoms with van der Waals surface area (Å²) >= 11 is 0. The van der Waals surface area contributed by atoms with Gasteiger partial charge in [-0.1, -0.05) is 45.0 Å². The summed E-state index contributed by atoms with van der Waals surface area (Å²) in [6, 6.07) is 11.7. The minimum Gasteiger partial charge on any atom is -0.331 e. The number of anilines is 1. The number of carbonyl (C=O) groups excluding carboxylic acids is 2. The van der Waals surface area contributed by atoms with Crippen molar-refractivity contribution >= 4 is 28.5 Å². The summed E-state index contributed by atoms with van der Waals surface area (Å²) in [6.07, 6.45) is 3.45. The fraction of sp³-hybridized carbons (Fsp3) is 0.375. The van der Waals surface area contributed by atoms with Crippen LogP contribution in [0.5, 0.6) is 0 Å². The fourth-order valence-electron chi connectivity index (χ4n) is 4.14. The molecule has 2 amide bonds. The molecule has 0 bridgehead atoms. The Balaban J connectivity index is 1.50. The van der Waals surface area contributed by atoms with Gasteiger partial charge in [0, 0.05) is 5.39 Å². The van der Waals surface area contributed by atoms with Gasteiger partial charge < -0.3 is 16.0 Å². The van der Waals surface area contributed by atoms with Crippen molar-refractivity contribution < 1.29 is 9.59 Å². The third-order valence-electron chi connectivity index (χ3n) is 5.82. The van der Waals surface area contributed by atoms with Crippen molar-refractivity contribution in [3.63, 3.8) is 0 Å². The third-order valence-corrected chi connectivity index (χ3v) is 5.82. The van der Waals surface area contributed by atoms with E-state index in [2.05, 4.69) is 60.0 Å². The van der Waals surface area contributed by atoms with Crippen LogP contribution in [-0.4, -0.2) is 35.3 Å². The Labute approximate surface area is 182 Å². The van der Waals surface area contributed by atoms with Crippen LogP contribution >= 0.6 is 0 Å². The highest BCUT2D eigenvalue weighted by Gasteiger charge is 2.26. The van der Waals surface area contributed by atoms with Crippen LogP contribution in [0, 0.1) is 0 Å². The van der Waals surface area contributed by atoms with E-state index < -0.39 is 0 Å². The Bertz CT molecular complexity index is 1140. The number of likely N-dealkylation sites (N-methyl/N-ethyl adjacent to an activating group) is 1.